The fourth-order valence-corrected chi connectivity index (χ4v) is 3.16. The van der Waals surface area contributed by atoms with Gasteiger partial charge < -0.3 is 11.5 Å². The van der Waals surface area contributed by atoms with E-state index in [4.69, 9.17) is 11.5 Å². The Balaban J connectivity index is 0.00000225. The topological polar surface area (TPSA) is 103 Å². The molecule has 3 aromatic carbocycles. The van der Waals surface area contributed by atoms with Crippen LogP contribution in [-0.4, -0.2) is 16.4 Å². The van der Waals surface area contributed by atoms with Gasteiger partial charge in [0.25, 0.3) is 11.5 Å². The third-order valence-electron chi connectivity index (χ3n) is 4.40. The Labute approximate surface area is 166 Å². The molecule has 0 fully saturated rings. The van der Waals surface area contributed by atoms with Crippen LogP contribution in [0.2, 0.25) is 0 Å². The van der Waals surface area contributed by atoms with E-state index in [0.717, 1.165) is 10.8 Å². The Bertz CT molecular complexity index is 1290. The molecule has 0 aliphatic heterocycles. The van der Waals surface area contributed by atoms with E-state index in [9.17, 15) is 9.59 Å². The van der Waals surface area contributed by atoms with Gasteiger partial charge in [-0.2, -0.15) is 4.99 Å². The molecule has 0 aliphatic carbocycles. The first-order valence-corrected chi connectivity index (χ1v) is 8.32. The Morgan fingerprint density at radius 1 is 0.857 bits per heavy atom. The summed E-state index contributed by atoms with van der Waals surface area (Å²) in [5, 5.41) is 2.98. The average Bonchev–Trinajstić information content (AvgIpc) is 2.67. The van der Waals surface area contributed by atoms with Gasteiger partial charge in [0.1, 0.15) is 0 Å². The second kappa shape index (κ2) is 7.54. The molecule has 4 N–H and O–H groups in total. The standard InChI is InChI=1S/C21H16N4O2.ClH/c22-21(23)24-19(26)18-12-25(20(27)17-8-4-3-7-16(17)18)15-10-9-13-5-1-2-6-14(13)11-15;/h1-12H,(H4,22,23,24,26);1H. The van der Waals surface area contributed by atoms with Gasteiger partial charge in [0.15, 0.2) is 5.96 Å². The zero-order chi connectivity index (χ0) is 19.0. The van der Waals surface area contributed by atoms with E-state index >= 15 is 0 Å². The fourth-order valence-electron chi connectivity index (χ4n) is 3.16. The van der Waals surface area contributed by atoms with Gasteiger partial charge in [0.2, 0.25) is 0 Å². The third-order valence-corrected chi connectivity index (χ3v) is 4.40. The quantitative estimate of drug-likeness (QED) is 0.404. The number of aromatic nitrogens is 1. The highest BCUT2D eigenvalue weighted by Gasteiger charge is 2.15. The average molecular weight is 393 g/mol. The molecule has 4 aromatic rings. The summed E-state index contributed by atoms with van der Waals surface area (Å²) >= 11 is 0. The summed E-state index contributed by atoms with van der Waals surface area (Å²) < 4.78 is 1.45. The Morgan fingerprint density at radius 3 is 2.21 bits per heavy atom. The van der Waals surface area contributed by atoms with Crippen molar-refractivity contribution in [3.63, 3.8) is 0 Å². The van der Waals surface area contributed by atoms with Crippen LogP contribution in [0.15, 0.2) is 82.7 Å². The molecule has 0 saturated heterocycles. The van der Waals surface area contributed by atoms with Gasteiger partial charge in [0, 0.05) is 22.7 Å². The van der Waals surface area contributed by atoms with Crippen LogP contribution in [0, 0.1) is 0 Å². The van der Waals surface area contributed by atoms with Crippen molar-refractivity contribution in [3.05, 3.63) is 88.8 Å². The van der Waals surface area contributed by atoms with E-state index in [2.05, 4.69) is 4.99 Å². The van der Waals surface area contributed by atoms with E-state index in [1.165, 1.54) is 10.8 Å². The highest BCUT2D eigenvalue weighted by atomic mass is 35.5. The molecular formula is C21H17ClN4O2. The molecule has 0 aliphatic rings. The predicted octanol–water partition coefficient (Wildman–Crippen LogP) is 2.98. The molecule has 1 amide bonds. The van der Waals surface area contributed by atoms with Gasteiger partial charge in [-0.3, -0.25) is 14.2 Å². The molecule has 0 atom stereocenters. The molecule has 28 heavy (non-hydrogen) atoms. The second-order valence-electron chi connectivity index (χ2n) is 6.14. The van der Waals surface area contributed by atoms with Crippen LogP contribution in [-0.2, 0) is 0 Å². The van der Waals surface area contributed by atoms with Crippen molar-refractivity contribution in [1.82, 2.24) is 4.57 Å². The van der Waals surface area contributed by atoms with E-state index in [0.29, 0.717) is 16.5 Å². The number of aliphatic imine (C=N–C) groups is 1. The molecule has 0 radical (unpaired) electrons. The lowest BCUT2D eigenvalue weighted by molar-refractivity contribution is 0.100. The monoisotopic (exact) mass is 392 g/mol. The van der Waals surface area contributed by atoms with Gasteiger partial charge >= 0.3 is 0 Å². The molecule has 0 spiro atoms. The minimum absolute atomic E-state index is 0. The number of halogens is 1. The normalized spacial score (nSPS) is 10.4. The molecule has 6 nitrogen and oxygen atoms in total. The van der Waals surface area contributed by atoms with Crippen molar-refractivity contribution in [2.75, 3.05) is 0 Å². The number of amides is 1. The van der Waals surface area contributed by atoms with Gasteiger partial charge in [-0.15, -0.1) is 12.4 Å². The summed E-state index contributed by atoms with van der Waals surface area (Å²) in [6, 6.07) is 20.4. The lowest BCUT2D eigenvalue weighted by atomic mass is 10.1. The first-order chi connectivity index (χ1) is 13.0. The molecular weight excluding hydrogens is 376 g/mol. The molecule has 1 heterocycles. The number of nitrogens with two attached hydrogens (primary N) is 2. The van der Waals surface area contributed by atoms with Crippen LogP contribution in [0.25, 0.3) is 27.2 Å². The van der Waals surface area contributed by atoms with Crippen LogP contribution in [0.3, 0.4) is 0 Å². The van der Waals surface area contributed by atoms with Crippen LogP contribution in [0.1, 0.15) is 10.4 Å². The SMILES string of the molecule is Cl.NC(N)=NC(=O)c1cn(-c2ccc3ccccc3c2)c(=O)c2ccccc12. The number of guanidine groups is 1. The Kier molecular flexibility index (Phi) is 5.15. The molecule has 4 rings (SSSR count). The number of carbonyl (C=O) groups excluding carboxylic acids is 1. The van der Waals surface area contributed by atoms with Gasteiger partial charge in [-0.1, -0.05) is 48.5 Å². The Hall–Kier alpha value is -3.64. The second-order valence-corrected chi connectivity index (χ2v) is 6.14. The van der Waals surface area contributed by atoms with Crippen LogP contribution >= 0.6 is 12.4 Å². The summed E-state index contributed by atoms with van der Waals surface area (Å²) in [7, 11) is 0. The lowest BCUT2D eigenvalue weighted by Gasteiger charge is -2.11. The van der Waals surface area contributed by atoms with Crippen molar-refractivity contribution >= 4 is 45.8 Å². The lowest BCUT2D eigenvalue weighted by Crippen LogP contribution is -2.25. The van der Waals surface area contributed by atoms with Crippen molar-refractivity contribution in [1.29, 1.82) is 0 Å². The van der Waals surface area contributed by atoms with E-state index in [1.807, 2.05) is 42.5 Å². The van der Waals surface area contributed by atoms with Crippen molar-refractivity contribution in [2.24, 2.45) is 16.5 Å². The maximum absolute atomic E-state index is 13.0. The van der Waals surface area contributed by atoms with Gasteiger partial charge in [-0.25, -0.2) is 0 Å². The maximum atomic E-state index is 13.0. The molecule has 140 valence electrons. The summed E-state index contributed by atoms with van der Waals surface area (Å²) in [6.45, 7) is 0. The fraction of sp³-hybridized carbons (Fsp3) is 0. The Morgan fingerprint density at radius 2 is 1.50 bits per heavy atom. The number of hydrogen-bond acceptors (Lipinski definition) is 2. The number of pyridine rings is 1. The van der Waals surface area contributed by atoms with E-state index in [1.54, 1.807) is 24.3 Å². The van der Waals surface area contributed by atoms with Gasteiger partial charge in [0.05, 0.1) is 5.56 Å². The molecule has 0 unspecified atom stereocenters. The third kappa shape index (κ3) is 3.33. The first kappa shape index (κ1) is 19.1. The van der Waals surface area contributed by atoms with Crippen LogP contribution in [0.4, 0.5) is 0 Å². The number of rotatable bonds is 2. The zero-order valence-corrected chi connectivity index (χ0v) is 15.5. The van der Waals surface area contributed by atoms with Crippen LogP contribution in [0.5, 0.6) is 0 Å². The molecule has 1 aromatic heterocycles. The van der Waals surface area contributed by atoms with E-state index < -0.39 is 5.91 Å². The molecule has 7 heteroatoms. The number of fused-ring (bicyclic) bond motifs is 2. The highest BCUT2D eigenvalue weighted by molar-refractivity contribution is 6.10. The predicted molar refractivity (Wildman–Crippen MR) is 114 cm³/mol. The zero-order valence-electron chi connectivity index (χ0n) is 14.7. The summed E-state index contributed by atoms with van der Waals surface area (Å²) in [5.74, 6) is -0.923. The molecule has 0 saturated carbocycles. The number of hydrogen-bond donors (Lipinski definition) is 2. The highest BCUT2D eigenvalue weighted by Crippen LogP contribution is 2.21. The number of nitrogens with zero attached hydrogens (tertiary/aromatic N) is 2. The van der Waals surface area contributed by atoms with Gasteiger partial charge in [-0.05, 0) is 29.0 Å². The largest absolute Gasteiger partial charge is 0.370 e. The van der Waals surface area contributed by atoms with Crippen molar-refractivity contribution in [2.45, 2.75) is 0 Å². The smallest absolute Gasteiger partial charge is 0.282 e. The number of benzene rings is 3. The maximum Gasteiger partial charge on any atom is 0.282 e. The summed E-state index contributed by atoms with van der Waals surface area (Å²) in [6.07, 6.45) is 1.49. The minimum Gasteiger partial charge on any atom is -0.370 e. The van der Waals surface area contributed by atoms with Crippen molar-refractivity contribution in [3.8, 4) is 5.69 Å². The summed E-state index contributed by atoms with van der Waals surface area (Å²) in [4.78, 5) is 29.2. The molecule has 0 bridgehead atoms. The minimum atomic E-state index is -0.597. The van der Waals surface area contributed by atoms with E-state index in [-0.39, 0.29) is 29.5 Å². The summed E-state index contributed by atoms with van der Waals surface area (Å²) in [5.41, 5.74) is 11.4. The first-order valence-electron chi connectivity index (χ1n) is 8.32. The van der Waals surface area contributed by atoms with Crippen molar-refractivity contribution < 1.29 is 4.79 Å². The number of carbonyl (C=O) groups is 1. The van der Waals surface area contributed by atoms with Crippen LogP contribution < -0.4 is 17.0 Å².